The van der Waals surface area contributed by atoms with E-state index < -0.39 is 21.8 Å². The van der Waals surface area contributed by atoms with Crippen LogP contribution in [0.2, 0.25) is 0 Å². The minimum absolute atomic E-state index is 0.00335. The van der Waals surface area contributed by atoms with Crippen molar-refractivity contribution in [2.24, 2.45) is 0 Å². The summed E-state index contributed by atoms with van der Waals surface area (Å²) >= 11 is 0. The molecule has 2 N–H and O–H groups in total. The second-order valence-electron chi connectivity index (χ2n) is 5.48. The molecule has 0 saturated heterocycles. The van der Waals surface area contributed by atoms with Crippen LogP contribution < -0.4 is 4.72 Å². The number of aromatic amines is 1. The Morgan fingerprint density at radius 1 is 1.26 bits per heavy atom. The second-order valence-corrected chi connectivity index (χ2v) is 7.17. The van der Waals surface area contributed by atoms with E-state index in [4.69, 9.17) is 4.74 Å². The maximum absolute atomic E-state index is 14.2. The molecule has 2 heterocycles. The van der Waals surface area contributed by atoms with Gasteiger partial charge in [-0.15, -0.1) is 0 Å². The summed E-state index contributed by atoms with van der Waals surface area (Å²) in [4.78, 5) is 18.5. The minimum atomic E-state index is -4.03. The lowest BCUT2D eigenvalue weighted by molar-refractivity contribution is 0.0526. The van der Waals surface area contributed by atoms with Crippen LogP contribution in [0.15, 0.2) is 59.8 Å². The Morgan fingerprint density at radius 2 is 2.07 bits per heavy atom. The minimum Gasteiger partial charge on any atom is -0.462 e. The predicted octanol–water partition coefficient (Wildman–Crippen LogP) is 3.19. The summed E-state index contributed by atoms with van der Waals surface area (Å²) in [7, 11) is -4.03. The highest BCUT2D eigenvalue weighted by Crippen LogP contribution is 2.23. The van der Waals surface area contributed by atoms with Crippen molar-refractivity contribution >= 4 is 21.7 Å². The summed E-state index contributed by atoms with van der Waals surface area (Å²) in [6.07, 6.45) is 2.88. The highest BCUT2D eigenvalue weighted by Gasteiger charge is 2.20. The van der Waals surface area contributed by atoms with E-state index in [0.29, 0.717) is 11.4 Å². The van der Waals surface area contributed by atoms with Gasteiger partial charge >= 0.3 is 5.97 Å². The molecule has 0 amide bonds. The molecule has 3 rings (SSSR count). The Kier molecular flexibility index (Phi) is 5.22. The van der Waals surface area contributed by atoms with Crippen LogP contribution in [0.4, 0.5) is 10.1 Å². The zero-order valence-electron chi connectivity index (χ0n) is 14.3. The molecule has 27 heavy (non-hydrogen) atoms. The first-order chi connectivity index (χ1) is 12.9. The van der Waals surface area contributed by atoms with E-state index in [1.54, 1.807) is 31.3 Å². The average molecular weight is 389 g/mol. The van der Waals surface area contributed by atoms with Crippen molar-refractivity contribution in [2.45, 2.75) is 11.8 Å². The summed E-state index contributed by atoms with van der Waals surface area (Å²) in [6.45, 7) is 1.79. The summed E-state index contributed by atoms with van der Waals surface area (Å²) in [5.41, 5.74) is 0.804. The molecule has 3 aromatic rings. The van der Waals surface area contributed by atoms with Gasteiger partial charge in [0.05, 0.1) is 29.2 Å². The molecule has 0 saturated carbocycles. The monoisotopic (exact) mass is 389 g/mol. The molecule has 0 radical (unpaired) electrons. The lowest BCUT2D eigenvalue weighted by Gasteiger charge is -2.09. The van der Waals surface area contributed by atoms with Gasteiger partial charge in [0.15, 0.2) is 0 Å². The van der Waals surface area contributed by atoms with Crippen molar-refractivity contribution in [1.29, 1.82) is 0 Å². The number of anilines is 1. The normalized spacial score (nSPS) is 11.2. The largest absolute Gasteiger partial charge is 0.462 e. The third-order valence-corrected chi connectivity index (χ3v) is 4.98. The molecule has 0 atom stereocenters. The Bertz CT molecular complexity index is 1070. The molecule has 0 fully saturated rings. The van der Waals surface area contributed by atoms with Crippen molar-refractivity contribution in [3.63, 3.8) is 0 Å². The van der Waals surface area contributed by atoms with Gasteiger partial charge in [-0.25, -0.2) is 17.6 Å². The van der Waals surface area contributed by atoms with Gasteiger partial charge in [0.2, 0.25) is 0 Å². The predicted molar refractivity (Wildman–Crippen MR) is 97.2 cm³/mol. The summed E-state index contributed by atoms with van der Waals surface area (Å²) in [5.74, 6) is -1.57. The topological polar surface area (TPSA) is 101 Å². The number of pyridine rings is 1. The van der Waals surface area contributed by atoms with Gasteiger partial charge in [-0.3, -0.25) is 9.71 Å². The van der Waals surface area contributed by atoms with E-state index in [1.165, 1.54) is 24.4 Å². The zero-order valence-corrected chi connectivity index (χ0v) is 15.1. The lowest BCUT2D eigenvalue weighted by atomic mass is 10.2. The van der Waals surface area contributed by atoms with Gasteiger partial charge in [0.1, 0.15) is 10.7 Å². The van der Waals surface area contributed by atoms with Crippen molar-refractivity contribution in [3.8, 4) is 11.4 Å². The SMILES string of the molecule is CCOC(=O)c1ccc(NS(=O)(=O)c2c[nH]c(-c3ccccn3)c2)c(F)c1. The number of sulfonamides is 1. The van der Waals surface area contributed by atoms with E-state index in [1.807, 2.05) is 0 Å². The van der Waals surface area contributed by atoms with Crippen LogP contribution >= 0.6 is 0 Å². The number of ether oxygens (including phenoxy) is 1. The first kappa shape index (κ1) is 18.6. The van der Waals surface area contributed by atoms with Gasteiger partial charge in [-0.2, -0.15) is 0 Å². The van der Waals surface area contributed by atoms with Crippen LogP contribution in [0, 0.1) is 5.82 Å². The molecule has 1 aromatic carbocycles. The van der Waals surface area contributed by atoms with Gasteiger partial charge in [0.25, 0.3) is 10.0 Å². The maximum atomic E-state index is 14.2. The quantitative estimate of drug-likeness (QED) is 0.631. The molecule has 0 aliphatic rings. The Hall–Kier alpha value is -3.20. The van der Waals surface area contributed by atoms with Gasteiger partial charge in [0, 0.05) is 12.4 Å². The summed E-state index contributed by atoms with van der Waals surface area (Å²) in [5, 5.41) is 0. The number of rotatable bonds is 6. The molecule has 0 aliphatic carbocycles. The van der Waals surface area contributed by atoms with Crippen LogP contribution in [-0.4, -0.2) is 31.0 Å². The van der Waals surface area contributed by atoms with E-state index in [2.05, 4.69) is 14.7 Å². The molecule has 0 spiro atoms. The Balaban J connectivity index is 1.83. The van der Waals surface area contributed by atoms with E-state index >= 15 is 0 Å². The van der Waals surface area contributed by atoms with Crippen molar-refractivity contribution < 1.29 is 22.3 Å². The number of hydrogen-bond acceptors (Lipinski definition) is 5. The molecular formula is C18H16FN3O4S. The van der Waals surface area contributed by atoms with E-state index in [-0.39, 0.29) is 22.8 Å². The molecule has 140 valence electrons. The molecular weight excluding hydrogens is 373 g/mol. The highest BCUT2D eigenvalue weighted by molar-refractivity contribution is 7.92. The van der Waals surface area contributed by atoms with Crippen molar-refractivity contribution in [1.82, 2.24) is 9.97 Å². The van der Waals surface area contributed by atoms with Gasteiger partial charge in [-0.1, -0.05) is 6.07 Å². The number of hydrogen-bond donors (Lipinski definition) is 2. The van der Waals surface area contributed by atoms with Crippen LogP contribution in [0.25, 0.3) is 11.4 Å². The number of esters is 1. The summed E-state index contributed by atoms with van der Waals surface area (Å²) < 4.78 is 46.2. The number of carbonyl (C=O) groups is 1. The molecule has 2 aromatic heterocycles. The first-order valence-corrected chi connectivity index (χ1v) is 9.48. The third-order valence-electron chi connectivity index (χ3n) is 3.63. The molecule has 0 unspecified atom stereocenters. The Morgan fingerprint density at radius 3 is 2.74 bits per heavy atom. The number of halogens is 1. The molecule has 7 nitrogen and oxygen atoms in total. The highest BCUT2D eigenvalue weighted by atomic mass is 32.2. The van der Waals surface area contributed by atoms with Crippen LogP contribution in [-0.2, 0) is 14.8 Å². The smallest absolute Gasteiger partial charge is 0.338 e. The summed E-state index contributed by atoms with van der Waals surface area (Å²) in [6, 6.07) is 10.0. The number of H-pyrrole nitrogens is 1. The van der Waals surface area contributed by atoms with Crippen molar-refractivity contribution in [3.05, 3.63) is 66.2 Å². The maximum Gasteiger partial charge on any atom is 0.338 e. The number of benzene rings is 1. The number of nitrogens with zero attached hydrogens (tertiary/aromatic N) is 1. The fourth-order valence-corrected chi connectivity index (χ4v) is 3.40. The fraction of sp³-hybridized carbons (Fsp3) is 0.111. The van der Waals surface area contributed by atoms with Gasteiger partial charge in [-0.05, 0) is 43.3 Å². The van der Waals surface area contributed by atoms with Crippen LogP contribution in [0.5, 0.6) is 0 Å². The second kappa shape index (κ2) is 7.58. The number of carbonyl (C=O) groups excluding carboxylic acids is 1. The standard InChI is InChI=1S/C18H16FN3O4S/c1-2-26-18(23)12-6-7-15(14(19)9-12)22-27(24,25)13-10-17(21-11-13)16-5-3-4-8-20-16/h3-11,21-22H,2H2,1H3. The van der Waals surface area contributed by atoms with Crippen molar-refractivity contribution in [2.75, 3.05) is 11.3 Å². The molecule has 0 bridgehead atoms. The zero-order chi connectivity index (χ0) is 19.4. The fourth-order valence-electron chi connectivity index (χ4n) is 2.34. The first-order valence-electron chi connectivity index (χ1n) is 8.00. The number of nitrogens with one attached hydrogen (secondary N) is 2. The number of aromatic nitrogens is 2. The third kappa shape index (κ3) is 4.14. The molecule has 0 aliphatic heterocycles. The van der Waals surface area contributed by atoms with Crippen LogP contribution in [0.1, 0.15) is 17.3 Å². The molecule has 9 heteroatoms. The Labute approximate surface area is 155 Å². The lowest BCUT2D eigenvalue weighted by Crippen LogP contribution is -2.14. The van der Waals surface area contributed by atoms with Crippen LogP contribution in [0.3, 0.4) is 0 Å². The van der Waals surface area contributed by atoms with E-state index in [0.717, 1.165) is 6.07 Å². The van der Waals surface area contributed by atoms with Gasteiger partial charge < -0.3 is 9.72 Å². The average Bonchev–Trinajstić information content (AvgIpc) is 3.15. The van der Waals surface area contributed by atoms with E-state index in [9.17, 15) is 17.6 Å².